The minimum atomic E-state index is -0.0592. The van der Waals surface area contributed by atoms with Gasteiger partial charge in [0.25, 0.3) is 0 Å². The van der Waals surface area contributed by atoms with E-state index in [2.05, 4.69) is 14.6 Å². The Bertz CT molecular complexity index is 394. The second-order valence-electron chi connectivity index (χ2n) is 3.08. The minimum Gasteiger partial charge on any atom is -0.338 e. The third-order valence-electron chi connectivity index (χ3n) is 2.07. The van der Waals surface area contributed by atoms with Crippen LogP contribution in [0.1, 0.15) is 16.7 Å². The van der Waals surface area contributed by atoms with Crippen LogP contribution < -0.4 is 5.73 Å². The molecule has 0 spiro atoms. The summed E-state index contributed by atoms with van der Waals surface area (Å²) in [5, 5.41) is 3.76. The van der Waals surface area contributed by atoms with E-state index in [9.17, 15) is 0 Å². The highest BCUT2D eigenvalue weighted by molar-refractivity contribution is 7.05. The first kappa shape index (κ1) is 9.29. The van der Waals surface area contributed by atoms with E-state index in [1.165, 1.54) is 11.5 Å². The van der Waals surface area contributed by atoms with Gasteiger partial charge in [-0.3, -0.25) is 0 Å². The van der Waals surface area contributed by atoms with Crippen LogP contribution in [0, 0.1) is 0 Å². The van der Waals surface area contributed by atoms with Crippen molar-refractivity contribution >= 4 is 11.5 Å². The Kier molecular flexibility index (Phi) is 2.55. The van der Waals surface area contributed by atoms with Gasteiger partial charge in [-0.25, -0.2) is 4.98 Å². The molecule has 0 aliphatic heterocycles. The maximum Gasteiger partial charge on any atom is 0.110 e. The molecule has 0 aromatic carbocycles. The first-order chi connectivity index (χ1) is 6.77. The van der Waals surface area contributed by atoms with E-state index in [4.69, 9.17) is 5.73 Å². The van der Waals surface area contributed by atoms with E-state index in [0.29, 0.717) is 6.42 Å². The van der Waals surface area contributed by atoms with Gasteiger partial charge in [-0.2, -0.15) is 0 Å². The van der Waals surface area contributed by atoms with Crippen LogP contribution >= 0.6 is 11.5 Å². The molecule has 1 unspecified atom stereocenters. The number of nitrogens with zero attached hydrogens (tertiary/aromatic N) is 4. The fourth-order valence-electron chi connectivity index (χ4n) is 1.23. The standard InChI is InChI=1S/C8H11N5S/c1-13-3-2-10-8(13)4-6(9)7-5-11-12-14-7/h2-3,5-6H,4,9H2,1H3. The van der Waals surface area contributed by atoms with Crippen molar-refractivity contribution in [3.05, 3.63) is 29.3 Å². The monoisotopic (exact) mass is 209 g/mol. The van der Waals surface area contributed by atoms with Crippen molar-refractivity contribution in [1.82, 2.24) is 19.1 Å². The van der Waals surface area contributed by atoms with Gasteiger partial charge in [0.2, 0.25) is 0 Å². The average molecular weight is 209 g/mol. The number of imidazole rings is 1. The third-order valence-corrected chi connectivity index (χ3v) is 2.86. The predicted octanol–water partition coefficient (Wildman–Crippen LogP) is 0.514. The molecule has 2 aromatic rings. The van der Waals surface area contributed by atoms with Crippen LogP contribution in [-0.2, 0) is 13.5 Å². The smallest absolute Gasteiger partial charge is 0.110 e. The second kappa shape index (κ2) is 3.85. The Morgan fingerprint density at radius 1 is 1.64 bits per heavy atom. The summed E-state index contributed by atoms with van der Waals surface area (Å²) in [6, 6.07) is -0.0592. The number of nitrogens with two attached hydrogens (primary N) is 1. The predicted molar refractivity (Wildman–Crippen MR) is 53.7 cm³/mol. The highest BCUT2D eigenvalue weighted by Gasteiger charge is 2.11. The molecular formula is C8H11N5S. The Morgan fingerprint density at radius 3 is 3.07 bits per heavy atom. The molecule has 0 radical (unpaired) electrons. The summed E-state index contributed by atoms with van der Waals surface area (Å²) in [4.78, 5) is 5.21. The lowest BCUT2D eigenvalue weighted by atomic mass is 10.2. The van der Waals surface area contributed by atoms with E-state index in [1.807, 2.05) is 17.8 Å². The molecule has 2 aromatic heterocycles. The number of rotatable bonds is 3. The summed E-state index contributed by atoms with van der Waals surface area (Å²) in [6.07, 6.45) is 6.10. The topological polar surface area (TPSA) is 69.6 Å². The zero-order valence-corrected chi connectivity index (χ0v) is 8.61. The highest BCUT2D eigenvalue weighted by Crippen LogP contribution is 2.16. The fraction of sp³-hybridized carbons (Fsp3) is 0.375. The van der Waals surface area contributed by atoms with Gasteiger partial charge < -0.3 is 10.3 Å². The van der Waals surface area contributed by atoms with Crippen molar-refractivity contribution in [3.63, 3.8) is 0 Å². The summed E-state index contributed by atoms with van der Waals surface area (Å²) < 4.78 is 5.75. The minimum absolute atomic E-state index is 0.0592. The largest absolute Gasteiger partial charge is 0.338 e. The molecule has 1 atom stereocenters. The van der Waals surface area contributed by atoms with E-state index in [1.54, 1.807) is 12.4 Å². The molecule has 6 heteroatoms. The second-order valence-corrected chi connectivity index (χ2v) is 3.90. The van der Waals surface area contributed by atoms with Crippen LogP contribution in [0.15, 0.2) is 18.6 Å². The number of hydrogen-bond donors (Lipinski definition) is 1. The Hall–Kier alpha value is -1.27. The first-order valence-corrected chi connectivity index (χ1v) is 5.03. The van der Waals surface area contributed by atoms with Gasteiger partial charge in [0, 0.05) is 31.9 Å². The van der Waals surface area contributed by atoms with Gasteiger partial charge in [-0.05, 0) is 11.5 Å². The SMILES string of the molecule is Cn1ccnc1CC(N)c1cnns1. The molecule has 0 bridgehead atoms. The van der Waals surface area contributed by atoms with Crippen LogP contribution in [-0.4, -0.2) is 19.1 Å². The van der Waals surface area contributed by atoms with Crippen molar-refractivity contribution in [2.45, 2.75) is 12.5 Å². The van der Waals surface area contributed by atoms with Gasteiger partial charge in [-0.1, -0.05) is 4.49 Å². The molecule has 14 heavy (non-hydrogen) atoms. The lowest BCUT2D eigenvalue weighted by molar-refractivity contribution is 0.667. The van der Waals surface area contributed by atoms with E-state index in [-0.39, 0.29) is 6.04 Å². The lowest BCUT2D eigenvalue weighted by Gasteiger charge is -2.07. The Balaban J connectivity index is 2.09. The van der Waals surface area contributed by atoms with E-state index in [0.717, 1.165) is 10.7 Å². The molecule has 0 aliphatic carbocycles. The van der Waals surface area contributed by atoms with Crippen molar-refractivity contribution in [2.75, 3.05) is 0 Å². The van der Waals surface area contributed by atoms with Crippen LogP contribution in [0.25, 0.3) is 0 Å². The van der Waals surface area contributed by atoms with E-state index >= 15 is 0 Å². The molecule has 0 fully saturated rings. The molecule has 74 valence electrons. The first-order valence-electron chi connectivity index (χ1n) is 4.26. The van der Waals surface area contributed by atoms with Crippen molar-refractivity contribution in [1.29, 1.82) is 0 Å². The molecular weight excluding hydrogens is 198 g/mol. The quantitative estimate of drug-likeness (QED) is 0.799. The van der Waals surface area contributed by atoms with Gasteiger partial charge in [0.05, 0.1) is 11.1 Å². The van der Waals surface area contributed by atoms with Crippen LogP contribution in [0.5, 0.6) is 0 Å². The molecule has 0 aliphatic rings. The maximum atomic E-state index is 5.98. The summed E-state index contributed by atoms with van der Waals surface area (Å²) in [5.41, 5.74) is 5.98. The summed E-state index contributed by atoms with van der Waals surface area (Å²) in [7, 11) is 1.96. The molecule has 2 rings (SSSR count). The van der Waals surface area contributed by atoms with Gasteiger partial charge in [0.15, 0.2) is 0 Å². The van der Waals surface area contributed by atoms with Gasteiger partial charge in [-0.15, -0.1) is 5.10 Å². The van der Waals surface area contributed by atoms with Crippen molar-refractivity contribution in [2.24, 2.45) is 12.8 Å². The van der Waals surface area contributed by atoms with Gasteiger partial charge in [0.1, 0.15) is 5.82 Å². The molecule has 0 saturated heterocycles. The van der Waals surface area contributed by atoms with E-state index < -0.39 is 0 Å². The highest BCUT2D eigenvalue weighted by atomic mass is 32.1. The lowest BCUT2D eigenvalue weighted by Crippen LogP contribution is -2.14. The summed E-state index contributed by atoms with van der Waals surface area (Å²) in [6.45, 7) is 0. The van der Waals surface area contributed by atoms with Crippen molar-refractivity contribution < 1.29 is 0 Å². The normalized spacial score (nSPS) is 13.0. The number of aromatic nitrogens is 4. The Labute approximate surface area is 85.8 Å². The zero-order chi connectivity index (χ0) is 9.97. The number of aryl methyl sites for hydroxylation is 1. The zero-order valence-electron chi connectivity index (χ0n) is 7.79. The summed E-state index contributed by atoms with van der Waals surface area (Å²) in [5.74, 6) is 0.978. The molecule has 2 heterocycles. The Morgan fingerprint density at radius 2 is 2.50 bits per heavy atom. The fourth-order valence-corrected chi connectivity index (χ4v) is 1.73. The maximum absolute atomic E-state index is 5.98. The van der Waals surface area contributed by atoms with Crippen molar-refractivity contribution in [3.8, 4) is 0 Å². The summed E-state index contributed by atoms with van der Waals surface area (Å²) >= 11 is 1.34. The van der Waals surface area contributed by atoms with Gasteiger partial charge >= 0.3 is 0 Å². The molecule has 0 saturated carbocycles. The van der Waals surface area contributed by atoms with Crippen LogP contribution in [0.3, 0.4) is 0 Å². The average Bonchev–Trinajstić information content (AvgIpc) is 2.77. The number of hydrogen-bond acceptors (Lipinski definition) is 5. The van der Waals surface area contributed by atoms with Crippen LogP contribution in [0.2, 0.25) is 0 Å². The van der Waals surface area contributed by atoms with Crippen LogP contribution in [0.4, 0.5) is 0 Å². The third kappa shape index (κ3) is 1.80. The molecule has 5 nitrogen and oxygen atoms in total. The molecule has 2 N–H and O–H groups in total. The molecule has 0 amide bonds.